The molecule has 0 unspecified atom stereocenters. The van der Waals surface area contributed by atoms with Gasteiger partial charge >= 0.3 is 0 Å². The third-order valence-electron chi connectivity index (χ3n) is 7.76. The number of fused-ring (bicyclic) bond motifs is 2. The second-order valence-electron chi connectivity index (χ2n) is 10.1. The first-order valence-electron chi connectivity index (χ1n) is 12.8. The van der Waals surface area contributed by atoms with Gasteiger partial charge in [-0.25, -0.2) is 0 Å². The van der Waals surface area contributed by atoms with Crippen LogP contribution in [0.3, 0.4) is 0 Å². The number of hydrogen-bond donors (Lipinski definition) is 0. The van der Waals surface area contributed by atoms with Crippen molar-refractivity contribution < 1.29 is 14.1 Å². The minimum atomic E-state index is 0.403. The minimum absolute atomic E-state index is 0.403. The zero-order valence-corrected chi connectivity index (χ0v) is 21.6. The number of nitrogens with zero attached hydrogens (tertiary/aromatic N) is 1. The average Bonchev–Trinajstić information content (AvgIpc) is 3.20. The molecule has 4 aromatic rings. The Kier molecular flexibility index (Phi) is 6.21. The molecule has 0 bridgehead atoms. The molecule has 0 amide bonds. The van der Waals surface area contributed by atoms with Crippen LogP contribution in [0.2, 0.25) is 5.02 Å². The van der Waals surface area contributed by atoms with Crippen LogP contribution in [-0.2, 0) is 19.4 Å². The second-order valence-corrected chi connectivity index (χ2v) is 10.5. The Labute approximate surface area is 221 Å². The van der Waals surface area contributed by atoms with Gasteiger partial charge in [0.05, 0.1) is 5.02 Å². The van der Waals surface area contributed by atoms with Crippen LogP contribution in [0.15, 0.2) is 65.7 Å². The van der Waals surface area contributed by atoms with E-state index in [1.165, 1.54) is 12.0 Å². The Bertz CT molecular complexity index is 1510. The molecule has 0 spiro atoms. The van der Waals surface area contributed by atoms with Gasteiger partial charge in [0.2, 0.25) is 0 Å². The predicted octanol–water partition coefficient (Wildman–Crippen LogP) is 8.12. The summed E-state index contributed by atoms with van der Waals surface area (Å²) in [5, 5.41) is 5.23. The molecule has 2 aliphatic rings. The number of carbonyl (C=O) groups excluding carboxylic acids is 1. The van der Waals surface area contributed by atoms with Crippen LogP contribution in [0.4, 0.5) is 0 Å². The van der Waals surface area contributed by atoms with Gasteiger partial charge in [0.15, 0.2) is 0 Å². The van der Waals surface area contributed by atoms with E-state index in [2.05, 4.69) is 42.9 Å². The first kappa shape index (κ1) is 23.7. The van der Waals surface area contributed by atoms with Crippen molar-refractivity contribution in [3.8, 4) is 17.0 Å². The lowest BCUT2D eigenvalue weighted by Crippen LogP contribution is -2.10. The number of rotatable bonds is 6. The number of aromatic nitrogens is 1. The van der Waals surface area contributed by atoms with Gasteiger partial charge in [-0.3, -0.25) is 4.79 Å². The average molecular weight is 510 g/mol. The fourth-order valence-electron chi connectivity index (χ4n) is 5.44. The molecule has 2 heterocycles. The van der Waals surface area contributed by atoms with Crippen molar-refractivity contribution in [2.24, 2.45) is 0 Å². The molecule has 5 heteroatoms. The number of hydrogen-bond acceptors (Lipinski definition) is 4. The minimum Gasteiger partial charge on any atom is -0.488 e. The van der Waals surface area contributed by atoms with E-state index >= 15 is 0 Å². The van der Waals surface area contributed by atoms with E-state index in [0.717, 1.165) is 88.1 Å². The number of benzene rings is 3. The summed E-state index contributed by atoms with van der Waals surface area (Å²) in [6.07, 6.45) is 6.00. The van der Waals surface area contributed by atoms with Crippen LogP contribution in [0, 0.1) is 6.92 Å². The number of ether oxygens (including phenoxy) is 1. The summed E-state index contributed by atoms with van der Waals surface area (Å²) in [6.45, 7) is 6.80. The van der Waals surface area contributed by atoms with Crippen LogP contribution in [-0.4, -0.2) is 11.4 Å². The maximum Gasteiger partial charge on any atom is 0.150 e. The highest BCUT2D eigenvalue weighted by atomic mass is 35.5. The van der Waals surface area contributed by atoms with Crippen LogP contribution in [0.25, 0.3) is 16.8 Å². The first-order chi connectivity index (χ1) is 18.0. The molecule has 6 rings (SSSR count). The Morgan fingerprint density at radius 2 is 1.92 bits per heavy atom. The molecule has 1 aromatic heterocycles. The van der Waals surface area contributed by atoms with E-state index in [9.17, 15) is 4.79 Å². The smallest absolute Gasteiger partial charge is 0.150 e. The van der Waals surface area contributed by atoms with Crippen molar-refractivity contribution in [2.45, 2.75) is 51.6 Å². The lowest BCUT2D eigenvalue weighted by Gasteiger charge is -2.23. The summed E-state index contributed by atoms with van der Waals surface area (Å²) < 4.78 is 12.2. The molecule has 4 nitrogen and oxygen atoms in total. The van der Waals surface area contributed by atoms with Gasteiger partial charge < -0.3 is 9.26 Å². The summed E-state index contributed by atoms with van der Waals surface area (Å²) in [5.41, 5.74) is 9.78. The van der Waals surface area contributed by atoms with E-state index in [1.807, 2.05) is 30.3 Å². The fourth-order valence-corrected chi connectivity index (χ4v) is 5.76. The third-order valence-corrected chi connectivity index (χ3v) is 8.08. The Hall–Kier alpha value is -3.63. The molecule has 1 aliphatic heterocycles. The van der Waals surface area contributed by atoms with E-state index in [-0.39, 0.29) is 0 Å². The number of carbonyl (C=O) groups is 1. The SMILES string of the molecule is C=C1c2ccc(C=O)cc2COc2cc(CCc3c(-c4c(C)cccc4Cl)noc3C3CCC3)ccc21. The summed E-state index contributed by atoms with van der Waals surface area (Å²) in [4.78, 5) is 11.3. The third kappa shape index (κ3) is 4.30. The molecular weight excluding hydrogens is 482 g/mol. The van der Waals surface area contributed by atoms with Crippen molar-refractivity contribution in [3.05, 3.63) is 111 Å². The van der Waals surface area contributed by atoms with Gasteiger partial charge in [-0.1, -0.05) is 66.2 Å². The molecule has 0 atom stereocenters. The van der Waals surface area contributed by atoms with Gasteiger partial charge in [-0.05, 0) is 78.6 Å². The number of aryl methyl sites for hydroxylation is 2. The van der Waals surface area contributed by atoms with E-state index in [1.54, 1.807) is 0 Å². The summed E-state index contributed by atoms with van der Waals surface area (Å²) >= 11 is 6.63. The van der Waals surface area contributed by atoms with Crippen LogP contribution in [0.5, 0.6) is 5.75 Å². The summed E-state index contributed by atoms with van der Waals surface area (Å²) in [7, 11) is 0. The number of halogens is 1. The van der Waals surface area contributed by atoms with Crippen LogP contribution in [0.1, 0.15) is 74.7 Å². The molecule has 1 saturated carbocycles. The van der Waals surface area contributed by atoms with Crippen LogP contribution >= 0.6 is 11.6 Å². The normalized spacial score (nSPS) is 14.8. The van der Waals surface area contributed by atoms with Gasteiger partial charge in [-0.15, -0.1) is 0 Å². The molecule has 37 heavy (non-hydrogen) atoms. The maximum atomic E-state index is 11.3. The highest BCUT2D eigenvalue weighted by Crippen LogP contribution is 2.43. The molecule has 1 aliphatic carbocycles. The Balaban J connectivity index is 1.30. The van der Waals surface area contributed by atoms with Gasteiger partial charge in [0.1, 0.15) is 30.1 Å². The highest BCUT2D eigenvalue weighted by Gasteiger charge is 2.30. The topological polar surface area (TPSA) is 52.3 Å². The first-order valence-corrected chi connectivity index (χ1v) is 13.2. The lowest BCUT2D eigenvalue weighted by atomic mass is 9.80. The monoisotopic (exact) mass is 509 g/mol. The van der Waals surface area contributed by atoms with E-state index < -0.39 is 0 Å². The molecule has 0 N–H and O–H groups in total. The molecule has 3 aromatic carbocycles. The summed E-state index contributed by atoms with van der Waals surface area (Å²) in [5.74, 6) is 2.27. The van der Waals surface area contributed by atoms with Crippen molar-refractivity contribution in [1.29, 1.82) is 0 Å². The van der Waals surface area contributed by atoms with Crippen molar-refractivity contribution >= 4 is 23.5 Å². The second kappa shape index (κ2) is 9.68. The lowest BCUT2D eigenvalue weighted by molar-refractivity contribution is 0.112. The Morgan fingerprint density at radius 3 is 2.68 bits per heavy atom. The molecule has 1 fully saturated rings. The quantitative estimate of drug-likeness (QED) is 0.246. The largest absolute Gasteiger partial charge is 0.488 e. The zero-order chi connectivity index (χ0) is 25.5. The molecule has 0 saturated heterocycles. The van der Waals surface area contributed by atoms with E-state index in [4.69, 9.17) is 20.9 Å². The zero-order valence-electron chi connectivity index (χ0n) is 20.9. The highest BCUT2D eigenvalue weighted by molar-refractivity contribution is 6.33. The van der Waals surface area contributed by atoms with Gasteiger partial charge in [0.25, 0.3) is 0 Å². The van der Waals surface area contributed by atoms with Gasteiger partial charge in [-0.2, -0.15) is 0 Å². The Morgan fingerprint density at radius 1 is 1.08 bits per heavy atom. The van der Waals surface area contributed by atoms with Crippen LogP contribution < -0.4 is 4.74 Å². The number of aldehydes is 1. The summed E-state index contributed by atoms with van der Waals surface area (Å²) in [6, 6.07) is 18.0. The standard InChI is InChI=1S/C32H28ClNO3/c1-19-5-3-8-28(33)30(19)31-27(32(37-34-31)23-6-4-7-23)14-10-21-9-13-26-20(2)25-12-11-22(17-35)15-24(25)18-36-29(26)16-21/h3,5,8-9,11-13,15-17,23H,2,4,6-7,10,14,18H2,1H3. The fraction of sp³-hybridized carbons (Fsp3) is 0.250. The van der Waals surface area contributed by atoms with E-state index in [0.29, 0.717) is 23.1 Å². The van der Waals surface area contributed by atoms with Gasteiger partial charge in [0, 0.05) is 28.2 Å². The molecule has 186 valence electrons. The van der Waals surface area contributed by atoms with Crippen molar-refractivity contribution in [1.82, 2.24) is 5.16 Å². The molecule has 0 radical (unpaired) electrons. The van der Waals surface area contributed by atoms with Crippen molar-refractivity contribution in [2.75, 3.05) is 0 Å². The molecular formula is C32H28ClNO3. The predicted molar refractivity (Wildman–Crippen MR) is 146 cm³/mol. The van der Waals surface area contributed by atoms with Crippen molar-refractivity contribution in [3.63, 3.8) is 0 Å². The maximum absolute atomic E-state index is 11.3.